The molecular formula is C17H27N3O3S. The van der Waals surface area contributed by atoms with E-state index in [0.717, 1.165) is 30.5 Å². The second-order valence-corrected chi connectivity index (χ2v) is 8.51. The van der Waals surface area contributed by atoms with Gasteiger partial charge in [-0.05, 0) is 45.0 Å². The van der Waals surface area contributed by atoms with Gasteiger partial charge in [0.2, 0.25) is 15.9 Å². The maximum atomic E-state index is 12.9. The monoisotopic (exact) mass is 353 g/mol. The molecule has 1 aliphatic rings. The zero-order valence-corrected chi connectivity index (χ0v) is 15.9. The molecule has 0 N–H and O–H groups in total. The van der Waals surface area contributed by atoms with Gasteiger partial charge in [-0.2, -0.15) is 0 Å². The SMILES string of the molecule is Cc1ccc(C)c(N([C@H](C)C(=O)N2CCN(C)CC2)S(C)(=O)=O)c1. The number of nitrogens with zero attached hydrogens (tertiary/aromatic N) is 3. The number of rotatable bonds is 4. The summed E-state index contributed by atoms with van der Waals surface area (Å²) >= 11 is 0. The first kappa shape index (κ1) is 18.7. The number of carbonyl (C=O) groups is 1. The lowest BCUT2D eigenvalue weighted by molar-refractivity contribution is -0.133. The van der Waals surface area contributed by atoms with Crippen molar-refractivity contribution in [2.75, 3.05) is 43.8 Å². The molecule has 24 heavy (non-hydrogen) atoms. The topological polar surface area (TPSA) is 60.9 Å². The van der Waals surface area contributed by atoms with Crippen LogP contribution in [0.25, 0.3) is 0 Å². The maximum Gasteiger partial charge on any atom is 0.246 e. The van der Waals surface area contributed by atoms with Crippen molar-refractivity contribution in [1.29, 1.82) is 0 Å². The van der Waals surface area contributed by atoms with Crippen LogP contribution in [0.2, 0.25) is 0 Å². The predicted molar refractivity (Wildman–Crippen MR) is 96.8 cm³/mol. The fourth-order valence-corrected chi connectivity index (χ4v) is 4.24. The Bertz CT molecular complexity index is 710. The number of hydrogen-bond acceptors (Lipinski definition) is 4. The molecule has 1 heterocycles. The Morgan fingerprint density at radius 1 is 1.17 bits per heavy atom. The Morgan fingerprint density at radius 3 is 2.29 bits per heavy atom. The number of anilines is 1. The zero-order chi connectivity index (χ0) is 18.1. The summed E-state index contributed by atoms with van der Waals surface area (Å²) in [6.45, 7) is 8.32. The summed E-state index contributed by atoms with van der Waals surface area (Å²) in [5.74, 6) is -0.144. The van der Waals surface area contributed by atoms with E-state index in [-0.39, 0.29) is 5.91 Å². The molecule has 0 bridgehead atoms. The molecule has 0 aliphatic carbocycles. The average Bonchev–Trinajstić information content (AvgIpc) is 2.49. The summed E-state index contributed by atoms with van der Waals surface area (Å²) < 4.78 is 26.1. The number of sulfonamides is 1. The van der Waals surface area contributed by atoms with Gasteiger partial charge in [0.25, 0.3) is 0 Å². The molecule has 1 saturated heterocycles. The minimum Gasteiger partial charge on any atom is -0.338 e. The van der Waals surface area contributed by atoms with Crippen molar-refractivity contribution in [3.63, 3.8) is 0 Å². The molecule has 134 valence electrons. The lowest BCUT2D eigenvalue weighted by atomic mass is 10.1. The number of benzene rings is 1. The fraction of sp³-hybridized carbons (Fsp3) is 0.588. The fourth-order valence-electron chi connectivity index (χ4n) is 3.02. The number of carbonyl (C=O) groups excluding carboxylic acids is 1. The molecular weight excluding hydrogens is 326 g/mol. The number of amides is 1. The molecule has 0 saturated carbocycles. The van der Waals surface area contributed by atoms with Gasteiger partial charge in [-0.1, -0.05) is 12.1 Å². The molecule has 1 atom stereocenters. The average molecular weight is 353 g/mol. The van der Waals surface area contributed by atoms with Crippen LogP contribution in [0.1, 0.15) is 18.1 Å². The van der Waals surface area contributed by atoms with Crippen molar-refractivity contribution in [2.24, 2.45) is 0 Å². The van der Waals surface area contributed by atoms with Gasteiger partial charge >= 0.3 is 0 Å². The smallest absolute Gasteiger partial charge is 0.246 e. The summed E-state index contributed by atoms with van der Waals surface area (Å²) in [4.78, 5) is 16.8. The van der Waals surface area contributed by atoms with E-state index in [9.17, 15) is 13.2 Å². The van der Waals surface area contributed by atoms with Crippen molar-refractivity contribution in [2.45, 2.75) is 26.8 Å². The first-order chi connectivity index (χ1) is 11.1. The molecule has 1 aromatic rings. The summed E-state index contributed by atoms with van der Waals surface area (Å²) in [5.41, 5.74) is 2.38. The molecule has 1 aromatic carbocycles. The standard InChI is InChI=1S/C17H27N3O3S/c1-13-6-7-14(2)16(12-13)20(24(5,22)23)15(3)17(21)19-10-8-18(4)9-11-19/h6-7,12,15H,8-11H2,1-5H3/t15-/m1/s1. The van der Waals surface area contributed by atoms with E-state index in [1.165, 1.54) is 4.31 Å². The van der Waals surface area contributed by atoms with E-state index in [0.29, 0.717) is 18.8 Å². The van der Waals surface area contributed by atoms with Gasteiger partial charge in [-0.15, -0.1) is 0 Å². The van der Waals surface area contributed by atoms with E-state index < -0.39 is 16.1 Å². The Labute approximate surface area is 145 Å². The third-order valence-corrected chi connectivity index (χ3v) is 5.71. The van der Waals surface area contributed by atoms with Crippen molar-refractivity contribution in [3.8, 4) is 0 Å². The van der Waals surface area contributed by atoms with Gasteiger partial charge in [0.05, 0.1) is 11.9 Å². The number of piperazine rings is 1. The van der Waals surface area contributed by atoms with Gasteiger partial charge in [0, 0.05) is 26.2 Å². The quantitative estimate of drug-likeness (QED) is 0.817. The first-order valence-electron chi connectivity index (χ1n) is 8.15. The number of aryl methyl sites for hydroxylation is 2. The van der Waals surface area contributed by atoms with Crippen molar-refractivity contribution >= 4 is 21.6 Å². The molecule has 7 heteroatoms. The second-order valence-electron chi connectivity index (χ2n) is 6.65. The highest BCUT2D eigenvalue weighted by Gasteiger charge is 2.33. The van der Waals surface area contributed by atoms with Crippen LogP contribution in [0.3, 0.4) is 0 Å². The van der Waals surface area contributed by atoms with E-state index >= 15 is 0 Å². The van der Waals surface area contributed by atoms with Gasteiger partial charge < -0.3 is 9.80 Å². The minimum absolute atomic E-state index is 0.144. The maximum absolute atomic E-state index is 12.9. The molecule has 0 spiro atoms. The van der Waals surface area contributed by atoms with Gasteiger partial charge in [-0.3, -0.25) is 9.10 Å². The van der Waals surface area contributed by atoms with E-state index in [1.807, 2.05) is 39.1 Å². The number of hydrogen-bond donors (Lipinski definition) is 0. The highest BCUT2D eigenvalue weighted by molar-refractivity contribution is 7.92. The predicted octanol–water partition coefficient (Wildman–Crippen LogP) is 1.23. The van der Waals surface area contributed by atoms with Crippen LogP contribution in [0.15, 0.2) is 18.2 Å². The highest BCUT2D eigenvalue weighted by atomic mass is 32.2. The second kappa shape index (κ2) is 7.11. The molecule has 6 nitrogen and oxygen atoms in total. The molecule has 0 unspecified atom stereocenters. The van der Waals surface area contributed by atoms with E-state index in [1.54, 1.807) is 11.8 Å². The zero-order valence-electron chi connectivity index (χ0n) is 15.1. The third kappa shape index (κ3) is 4.08. The third-order valence-electron chi connectivity index (χ3n) is 4.48. The minimum atomic E-state index is -3.58. The lowest BCUT2D eigenvalue weighted by Crippen LogP contribution is -2.54. The van der Waals surface area contributed by atoms with Crippen molar-refractivity contribution in [1.82, 2.24) is 9.80 Å². The molecule has 0 aromatic heterocycles. The van der Waals surface area contributed by atoms with Crippen LogP contribution in [-0.2, 0) is 14.8 Å². The Hall–Kier alpha value is -1.60. The van der Waals surface area contributed by atoms with E-state index in [2.05, 4.69) is 4.90 Å². The van der Waals surface area contributed by atoms with Crippen LogP contribution in [0.4, 0.5) is 5.69 Å². The largest absolute Gasteiger partial charge is 0.338 e. The van der Waals surface area contributed by atoms with E-state index in [4.69, 9.17) is 0 Å². The van der Waals surface area contributed by atoms with Gasteiger partial charge in [0.1, 0.15) is 6.04 Å². The highest BCUT2D eigenvalue weighted by Crippen LogP contribution is 2.27. The van der Waals surface area contributed by atoms with Crippen LogP contribution >= 0.6 is 0 Å². The van der Waals surface area contributed by atoms with Crippen LogP contribution in [0, 0.1) is 13.8 Å². The summed E-state index contributed by atoms with van der Waals surface area (Å²) in [7, 11) is -1.56. The molecule has 1 fully saturated rings. The molecule has 2 rings (SSSR count). The van der Waals surface area contributed by atoms with Crippen molar-refractivity contribution in [3.05, 3.63) is 29.3 Å². The van der Waals surface area contributed by atoms with Crippen molar-refractivity contribution < 1.29 is 13.2 Å². The van der Waals surface area contributed by atoms with Gasteiger partial charge in [-0.25, -0.2) is 8.42 Å². The first-order valence-corrected chi connectivity index (χ1v) is 10.00. The van der Waals surface area contributed by atoms with Gasteiger partial charge in [0.15, 0.2) is 0 Å². The lowest BCUT2D eigenvalue weighted by Gasteiger charge is -2.37. The Balaban J connectivity index is 2.34. The van der Waals surface area contributed by atoms with Crippen LogP contribution in [0.5, 0.6) is 0 Å². The molecule has 0 radical (unpaired) electrons. The summed E-state index contributed by atoms with van der Waals surface area (Å²) in [6, 6.07) is 4.88. The molecule has 1 aliphatic heterocycles. The van der Waals surface area contributed by atoms with Crippen LogP contribution < -0.4 is 4.31 Å². The Morgan fingerprint density at radius 2 is 1.75 bits per heavy atom. The molecule has 1 amide bonds. The summed E-state index contributed by atoms with van der Waals surface area (Å²) in [6.07, 6.45) is 1.16. The number of likely N-dealkylation sites (N-methyl/N-ethyl adjacent to an activating group) is 1. The summed E-state index contributed by atoms with van der Waals surface area (Å²) in [5, 5.41) is 0. The Kier molecular flexibility index (Phi) is 5.55. The normalized spacial score (nSPS) is 17.6. The van der Waals surface area contributed by atoms with Crippen LogP contribution in [-0.4, -0.2) is 69.6 Å².